The van der Waals surface area contributed by atoms with Gasteiger partial charge in [0.15, 0.2) is 0 Å². The molecule has 0 aliphatic heterocycles. The lowest BCUT2D eigenvalue weighted by Gasteiger charge is -2.10. The van der Waals surface area contributed by atoms with Gasteiger partial charge in [-0.2, -0.15) is 13.5 Å². The molecule has 0 amide bonds. The maximum atomic E-state index is 12.9. The first-order valence-corrected chi connectivity index (χ1v) is 7.78. The molecule has 0 bridgehead atoms. The van der Waals surface area contributed by atoms with Crippen LogP contribution in [0.4, 0.5) is 14.5 Å². The van der Waals surface area contributed by atoms with Crippen LogP contribution in [-0.2, 0) is 15.4 Å². The summed E-state index contributed by atoms with van der Waals surface area (Å²) in [5.41, 5.74) is -0.942. The molecule has 0 spiro atoms. The minimum Gasteiger partial charge on any atom is -0.281 e. The second kappa shape index (κ2) is 6.95. The summed E-state index contributed by atoms with van der Waals surface area (Å²) >= 11 is 10.1. The van der Waals surface area contributed by atoms with Crippen LogP contribution in [0.15, 0.2) is 16.9 Å². The van der Waals surface area contributed by atoms with E-state index in [1.165, 1.54) is 26.2 Å². The van der Waals surface area contributed by atoms with E-state index in [1.807, 2.05) is 0 Å². The van der Waals surface area contributed by atoms with Crippen molar-refractivity contribution in [2.75, 3.05) is 11.8 Å². The quantitative estimate of drug-likeness (QED) is 0.856. The van der Waals surface area contributed by atoms with Gasteiger partial charge in [-0.05, 0) is 19.1 Å². The maximum Gasteiger partial charge on any atom is 0.355 e. The van der Waals surface area contributed by atoms with Gasteiger partial charge in [-0.15, -0.1) is 5.10 Å². The predicted molar refractivity (Wildman–Crippen MR) is 82.6 cm³/mol. The topological polar surface area (TPSA) is 78.2 Å². The molecule has 1 aromatic heterocycles. The molecule has 0 aliphatic carbocycles. The van der Waals surface area contributed by atoms with Crippen molar-refractivity contribution in [2.24, 2.45) is 0 Å². The number of anilines is 1. The molecule has 0 aliphatic rings. The predicted octanol–water partition coefficient (Wildman–Crippen LogP) is 2.68. The molecule has 1 aromatic carbocycles. The Bertz CT molecular complexity index is 824. The standard InChI is InChI=1S/C11H10Cl2F2N4O3S/c1-5-16-19(11(20)18(5)10(14)15)9-4-8(17-23(21)22-2)6(12)3-7(9)13/h3-4,10,17H,1-2H3. The smallest absolute Gasteiger partial charge is 0.281 e. The highest BCUT2D eigenvalue weighted by atomic mass is 35.5. The molecule has 7 nitrogen and oxygen atoms in total. The van der Waals surface area contributed by atoms with Crippen LogP contribution in [0, 0.1) is 6.92 Å². The van der Waals surface area contributed by atoms with Crippen molar-refractivity contribution in [3.8, 4) is 5.69 Å². The molecule has 2 rings (SSSR count). The molecular formula is C11H10Cl2F2N4O3S. The second-order valence-corrected chi connectivity index (χ2v) is 6.00. The third-order valence-electron chi connectivity index (χ3n) is 2.79. The van der Waals surface area contributed by atoms with Crippen molar-refractivity contribution in [1.29, 1.82) is 0 Å². The summed E-state index contributed by atoms with van der Waals surface area (Å²) in [4.78, 5) is 12.0. The van der Waals surface area contributed by atoms with Crippen LogP contribution in [0.2, 0.25) is 10.0 Å². The Morgan fingerprint density at radius 2 is 2.00 bits per heavy atom. The first-order chi connectivity index (χ1) is 10.8. The summed E-state index contributed by atoms with van der Waals surface area (Å²) in [7, 11) is 1.20. The minimum atomic E-state index is -3.04. The zero-order valence-corrected chi connectivity index (χ0v) is 14.0. The van der Waals surface area contributed by atoms with Gasteiger partial charge in [0.1, 0.15) is 5.82 Å². The van der Waals surface area contributed by atoms with Gasteiger partial charge in [-0.1, -0.05) is 23.2 Å². The maximum absolute atomic E-state index is 12.9. The molecule has 23 heavy (non-hydrogen) atoms. The molecule has 0 radical (unpaired) electrons. The first-order valence-electron chi connectivity index (χ1n) is 5.95. The fourth-order valence-electron chi connectivity index (χ4n) is 1.77. The van der Waals surface area contributed by atoms with Crippen LogP contribution in [0.3, 0.4) is 0 Å². The molecule has 2 aromatic rings. The van der Waals surface area contributed by atoms with Crippen molar-refractivity contribution >= 4 is 40.2 Å². The van der Waals surface area contributed by atoms with Crippen molar-refractivity contribution in [1.82, 2.24) is 14.3 Å². The van der Waals surface area contributed by atoms with Gasteiger partial charge in [0, 0.05) is 0 Å². The van der Waals surface area contributed by atoms with E-state index in [-0.39, 0.29) is 31.8 Å². The fraction of sp³-hybridized carbons (Fsp3) is 0.273. The highest BCUT2D eigenvalue weighted by molar-refractivity contribution is 7.81. The summed E-state index contributed by atoms with van der Waals surface area (Å²) < 4.78 is 45.0. The SMILES string of the molecule is COS(=O)Nc1cc(-n2nc(C)n(C(F)F)c2=O)c(Cl)cc1Cl. The molecule has 0 saturated heterocycles. The van der Waals surface area contributed by atoms with Crippen LogP contribution in [-0.4, -0.2) is 25.7 Å². The second-order valence-electron chi connectivity index (χ2n) is 4.18. The van der Waals surface area contributed by atoms with Gasteiger partial charge >= 0.3 is 12.2 Å². The lowest BCUT2D eigenvalue weighted by atomic mass is 10.3. The van der Waals surface area contributed by atoms with Crippen LogP contribution in [0.1, 0.15) is 12.4 Å². The van der Waals surface area contributed by atoms with E-state index in [1.54, 1.807) is 0 Å². The third kappa shape index (κ3) is 3.55. The number of alkyl halides is 2. The number of rotatable bonds is 5. The molecule has 1 N–H and O–H groups in total. The summed E-state index contributed by atoms with van der Waals surface area (Å²) in [5.74, 6) is -0.189. The molecule has 0 saturated carbocycles. The summed E-state index contributed by atoms with van der Waals surface area (Å²) in [6.45, 7) is -1.78. The van der Waals surface area contributed by atoms with Gasteiger partial charge in [-0.25, -0.2) is 13.6 Å². The van der Waals surface area contributed by atoms with E-state index in [0.717, 1.165) is 0 Å². The number of aryl methyl sites for hydroxylation is 1. The number of aromatic nitrogens is 3. The van der Waals surface area contributed by atoms with Crippen LogP contribution < -0.4 is 10.4 Å². The monoisotopic (exact) mass is 386 g/mol. The Kier molecular flexibility index (Phi) is 5.40. The zero-order valence-electron chi connectivity index (χ0n) is 11.7. The highest BCUT2D eigenvalue weighted by Crippen LogP contribution is 2.31. The largest absolute Gasteiger partial charge is 0.355 e. The van der Waals surface area contributed by atoms with E-state index in [4.69, 9.17) is 23.2 Å². The van der Waals surface area contributed by atoms with Gasteiger partial charge in [0.2, 0.25) is 0 Å². The minimum absolute atomic E-state index is 0.000769. The fourth-order valence-corrected chi connectivity index (χ4v) is 2.77. The number of hydrogen-bond donors (Lipinski definition) is 1. The number of halogens is 4. The van der Waals surface area contributed by atoms with Crippen LogP contribution in [0.25, 0.3) is 5.69 Å². The summed E-state index contributed by atoms with van der Waals surface area (Å²) in [6.07, 6.45) is 0. The Hall–Kier alpha value is -1.49. The Balaban J connectivity index is 2.60. The molecule has 12 heteroatoms. The van der Waals surface area contributed by atoms with Crippen molar-refractivity contribution in [2.45, 2.75) is 13.5 Å². The highest BCUT2D eigenvalue weighted by Gasteiger charge is 2.20. The first kappa shape index (κ1) is 17.9. The molecular weight excluding hydrogens is 377 g/mol. The molecule has 1 unspecified atom stereocenters. The zero-order chi connectivity index (χ0) is 17.3. The van der Waals surface area contributed by atoms with Crippen molar-refractivity contribution in [3.63, 3.8) is 0 Å². The lowest BCUT2D eigenvalue weighted by molar-refractivity contribution is 0.0640. The lowest BCUT2D eigenvalue weighted by Crippen LogP contribution is -2.25. The number of benzene rings is 1. The van der Waals surface area contributed by atoms with E-state index < -0.39 is 23.5 Å². The van der Waals surface area contributed by atoms with Crippen LogP contribution >= 0.6 is 23.2 Å². The van der Waals surface area contributed by atoms with E-state index in [0.29, 0.717) is 4.68 Å². The van der Waals surface area contributed by atoms with Gasteiger partial charge in [0.05, 0.1) is 28.5 Å². The average molecular weight is 387 g/mol. The Morgan fingerprint density at radius 1 is 1.35 bits per heavy atom. The molecule has 126 valence electrons. The van der Waals surface area contributed by atoms with Crippen molar-refractivity contribution in [3.05, 3.63) is 38.5 Å². The Labute approximate surface area is 141 Å². The molecule has 1 heterocycles. The van der Waals surface area contributed by atoms with Gasteiger partial charge in [0.25, 0.3) is 11.3 Å². The van der Waals surface area contributed by atoms with Gasteiger partial charge < -0.3 is 0 Å². The normalized spacial score (nSPS) is 12.7. The molecule has 0 fully saturated rings. The Morgan fingerprint density at radius 3 is 2.52 bits per heavy atom. The van der Waals surface area contributed by atoms with Crippen LogP contribution in [0.5, 0.6) is 0 Å². The average Bonchev–Trinajstić information content (AvgIpc) is 2.76. The van der Waals surface area contributed by atoms with E-state index >= 15 is 0 Å². The van der Waals surface area contributed by atoms with E-state index in [2.05, 4.69) is 14.0 Å². The number of hydrogen-bond acceptors (Lipinski definition) is 4. The summed E-state index contributed by atoms with van der Waals surface area (Å²) in [6, 6.07) is 2.52. The van der Waals surface area contributed by atoms with Gasteiger partial charge in [-0.3, -0.25) is 8.91 Å². The number of nitrogens with zero attached hydrogens (tertiary/aromatic N) is 3. The van der Waals surface area contributed by atoms with E-state index in [9.17, 15) is 17.8 Å². The molecule has 1 atom stereocenters. The van der Waals surface area contributed by atoms with Crippen molar-refractivity contribution < 1.29 is 17.2 Å². The summed E-state index contributed by atoms with van der Waals surface area (Å²) in [5, 5.41) is 3.86. The number of nitrogens with one attached hydrogen (secondary N) is 1. The third-order valence-corrected chi connectivity index (χ3v) is 4.09.